The zero-order valence-corrected chi connectivity index (χ0v) is 15.4. The molecule has 2 aromatic rings. The van der Waals surface area contributed by atoms with Gasteiger partial charge in [-0.05, 0) is 85.0 Å². The molecule has 27 heavy (non-hydrogen) atoms. The number of anilines is 2. The van der Waals surface area contributed by atoms with Crippen LogP contribution in [0.15, 0.2) is 42.5 Å². The summed E-state index contributed by atoms with van der Waals surface area (Å²) in [5.74, 6) is 1.10. The third-order valence-electron chi connectivity index (χ3n) is 5.95. The molecule has 0 aromatic heterocycles. The Kier molecular flexibility index (Phi) is 4.16. The van der Waals surface area contributed by atoms with Gasteiger partial charge in [0, 0.05) is 23.8 Å². The number of hydrogen-bond acceptors (Lipinski definition) is 3. The fraction of sp³-hybridized carbons (Fsp3) is 0.435. The van der Waals surface area contributed by atoms with E-state index in [0.717, 1.165) is 37.3 Å². The lowest BCUT2D eigenvalue weighted by Crippen LogP contribution is -2.37. The molecule has 0 radical (unpaired) electrons. The van der Waals surface area contributed by atoms with Gasteiger partial charge in [0.1, 0.15) is 0 Å². The van der Waals surface area contributed by atoms with Crippen LogP contribution in [0.2, 0.25) is 0 Å². The molecule has 140 valence electrons. The summed E-state index contributed by atoms with van der Waals surface area (Å²) in [7, 11) is 0. The molecule has 1 saturated heterocycles. The van der Waals surface area contributed by atoms with Gasteiger partial charge in [0.05, 0.1) is 18.8 Å². The summed E-state index contributed by atoms with van der Waals surface area (Å²) in [6.07, 6.45) is 5.21. The van der Waals surface area contributed by atoms with Crippen molar-refractivity contribution >= 4 is 17.3 Å². The summed E-state index contributed by atoms with van der Waals surface area (Å²) < 4.78 is 5.40. The number of benzene rings is 2. The Morgan fingerprint density at radius 2 is 1.52 bits per heavy atom. The van der Waals surface area contributed by atoms with Gasteiger partial charge in [-0.2, -0.15) is 0 Å². The average molecular weight is 363 g/mol. The summed E-state index contributed by atoms with van der Waals surface area (Å²) in [6.45, 7) is 2.52. The number of hydrogen-bond donors (Lipinski definition) is 1. The molecule has 2 aliphatic carbocycles. The molecule has 2 saturated carbocycles. The predicted molar refractivity (Wildman–Crippen MR) is 105 cm³/mol. The van der Waals surface area contributed by atoms with Crippen LogP contribution in [-0.4, -0.2) is 30.8 Å². The van der Waals surface area contributed by atoms with Crippen LogP contribution in [0.25, 0.3) is 0 Å². The van der Waals surface area contributed by atoms with E-state index < -0.39 is 5.97 Å². The third-order valence-corrected chi connectivity index (χ3v) is 5.95. The molecule has 0 bridgehead atoms. The first-order valence-electron chi connectivity index (χ1n) is 10.0. The van der Waals surface area contributed by atoms with Gasteiger partial charge >= 0.3 is 5.97 Å². The van der Waals surface area contributed by atoms with Gasteiger partial charge in [-0.15, -0.1) is 0 Å². The van der Waals surface area contributed by atoms with Crippen LogP contribution in [-0.2, 0) is 4.74 Å². The van der Waals surface area contributed by atoms with E-state index in [1.165, 1.54) is 42.5 Å². The molecule has 0 amide bonds. The first kappa shape index (κ1) is 16.8. The van der Waals surface area contributed by atoms with Crippen molar-refractivity contribution in [1.29, 1.82) is 0 Å². The highest BCUT2D eigenvalue weighted by Crippen LogP contribution is 2.47. The standard InChI is InChI=1S/C23H25NO3/c25-23(26)18-5-7-21(8-6-18)24(12-15-13-27-14-15)22-10-19(16-1-2-16)9-20(11-22)17-3-4-17/h5-11,15-17H,1-4,12-14H2,(H,25,26). The molecule has 0 unspecified atom stereocenters. The van der Waals surface area contributed by atoms with Gasteiger partial charge in [0.15, 0.2) is 0 Å². The monoisotopic (exact) mass is 363 g/mol. The van der Waals surface area contributed by atoms with Gasteiger partial charge in [-0.3, -0.25) is 0 Å². The lowest BCUT2D eigenvalue weighted by atomic mass is 10.0. The molecule has 2 aromatic carbocycles. The van der Waals surface area contributed by atoms with E-state index in [2.05, 4.69) is 23.1 Å². The summed E-state index contributed by atoms with van der Waals surface area (Å²) in [4.78, 5) is 13.6. The zero-order valence-electron chi connectivity index (χ0n) is 15.4. The van der Waals surface area contributed by atoms with Crippen LogP contribution in [0.1, 0.15) is 59.0 Å². The maximum absolute atomic E-state index is 11.2. The van der Waals surface area contributed by atoms with E-state index in [1.54, 1.807) is 12.1 Å². The largest absolute Gasteiger partial charge is 0.478 e. The van der Waals surface area contributed by atoms with E-state index >= 15 is 0 Å². The third kappa shape index (κ3) is 3.59. The summed E-state index contributed by atoms with van der Waals surface area (Å²) in [6, 6.07) is 14.4. The van der Waals surface area contributed by atoms with Crippen LogP contribution in [0, 0.1) is 5.92 Å². The van der Waals surface area contributed by atoms with E-state index in [4.69, 9.17) is 4.74 Å². The second-order valence-corrected chi connectivity index (χ2v) is 8.27. The van der Waals surface area contributed by atoms with Crippen LogP contribution < -0.4 is 4.90 Å². The SMILES string of the molecule is O=C(O)c1ccc(N(CC2COC2)c2cc(C3CC3)cc(C3CC3)c2)cc1. The average Bonchev–Trinajstić information content (AvgIpc) is 3.54. The normalized spacial score (nSPS) is 19.6. The quantitative estimate of drug-likeness (QED) is 0.758. The maximum atomic E-state index is 11.2. The molecule has 1 N–H and O–H groups in total. The Morgan fingerprint density at radius 3 is 1.96 bits per heavy atom. The number of aromatic carboxylic acids is 1. The van der Waals surface area contributed by atoms with Crippen molar-refractivity contribution in [3.63, 3.8) is 0 Å². The van der Waals surface area contributed by atoms with Gasteiger partial charge in [0.2, 0.25) is 0 Å². The van der Waals surface area contributed by atoms with Crippen LogP contribution in [0.4, 0.5) is 11.4 Å². The Bertz CT molecular complexity index is 818. The van der Waals surface area contributed by atoms with Crippen molar-refractivity contribution < 1.29 is 14.6 Å². The minimum absolute atomic E-state index is 0.330. The van der Waals surface area contributed by atoms with Crippen LogP contribution in [0.3, 0.4) is 0 Å². The number of carbonyl (C=O) groups is 1. The molecule has 0 spiro atoms. The molecular weight excluding hydrogens is 338 g/mol. The van der Waals surface area contributed by atoms with Gasteiger partial charge in [0.25, 0.3) is 0 Å². The summed E-state index contributed by atoms with van der Waals surface area (Å²) in [5.41, 5.74) is 5.59. The van der Waals surface area contributed by atoms with Crippen molar-refractivity contribution in [2.45, 2.75) is 37.5 Å². The van der Waals surface area contributed by atoms with Crippen molar-refractivity contribution in [3.8, 4) is 0 Å². The first-order valence-corrected chi connectivity index (χ1v) is 10.0. The smallest absolute Gasteiger partial charge is 0.335 e. The predicted octanol–water partition coefficient (Wildman–Crippen LogP) is 4.92. The Hall–Kier alpha value is -2.33. The lowest BCUT2D eigenvalue weighted by molar-refractivity contribution is -0.0267. The second kappa shape index (κ2) is 6.68. The van der Waals surface area contributed by atoms with Crippen molar-refractivity contribution in [3.05, 3.63) is 59.2 Å². The Labute approximate surface area is 159 Å². The van der Waals surface area contributed by atoms with Crippen molar-refractivity contribution in [2.24, 2.45) is 5.92 Å². The molecule has 1 aliphatic heterocycles. The number of nitrogens with zero attached hydrogens (tertiary/aromatic N) is 1. The second-order valence-electron chi connectivity index (χ2n) is 8.27. The molecule has 4 nitrogen and oxygen atoms in total. The van der Waals surface area contributed by atoms with Gasteiger partial charge in [-0.1, -0.05) is 6.07 Å². The number of ether oxygens (including phenoxy) is 1. The van der Waals surface area contributed by atoms with Gasteiger partial charge < -0.3 is 14.7 Å². The molecule has 0 atom stereocenters. The van der Waals surface area contributed by atoms with E-state index in [-0.39, 0.29) is 0 Å². The molecule has 1 heterocycles. The van der Waals surface area contributed by atoms with Crippen LogP contribution in [0.5, 0.6) is 0 Å². The van der Waals surface area contributed by atoms with Crippen LogP contribution >= 0.6 is 0 Å². The molecule has 5 rings (SSSR count). The molecule has 4 heteroatoms. The van der Waals surface area contributed by atoms with Crippen molar-refractivity contribution in [1.82, 2.24) is 0 Å². The number of carboxylic acids is 1. The molecule has 3 aliphatic rings. The molecule has 3 fully saturated rings. The Balaban J connectivity index is 1.52. The minimum Gasteiger partial charge on any atom is -0.478 e. The topological polar surface area (TPSA) is 49.8 Å². The molecular formula is C23H25NO3. The fourth-order valence-electron chi connectivity index (χ4n) is 3.91. The Morgan fingerprint density at radius 1 is 0.926 bits per heavy atom. The highest BCUT2D eigenvalue weighted by molar-refractivity contribution is 5.88. The maximum Gasteiger partial charge on any atom is 0.335 e. The minimum atomic E-state index is -0.882. The van der Waals surface area contributed by atoms with E-state index in [0.29, 0.717) is 11.5 Å². The van der Waals surface area contributed by atoms with E-state index in [1.807, 2.05) is 12.1 Å². The number of carboxylic acid groups (broad SMARTS) is 1. The zero-order chi connectivity index (χ0) is 18.4. The summed E-state index contributed by atoms with van der Waals surface area (Å²) >= 11 is 0. The highest BCUT2D eigenvalue weighted by Gasteiger charge is 2.30. The fourth-order valence-corrected chi connectivity index (χ4v) is 3.91. The lowest BCUT2D eigenvalue weighted by Gasteiger charge is -2.34. The highest BCUT2D eigenvalue weighted by atomic mass is 16.5. The van der Waals surface area contributed by atoms with Crippen molar-refractivity contribution in [2.75, 3.05) is 24.7 Å². The first-order chi connectivity index (χ1) is 13.2. The number of rotatable bonds is 7. The van der Waals surface area contributed by atoms with E-state index in [9.17, 15) is 9.90 Å². The van der Waals surface area contributed by atoms with Gasteiger partial charge in [-0.25, -0.2) is 4.79 Å². The summed E-state index contributed by atoms with van der Waals surface area (Å²) in [5, 5.41) is 9.20.